The number of aromatic nitrogens is 4. The van der Waals surface area contributed by atoms with E-state index in [1.165, 1.54) is 0 Å². The van der Waals surface area contributed by atoms with E-state index in [0.717, 1.165) is 26.1 Å². The first kappa shape index (κ1) is 13.6. The lowest BCUT2D eigenvalue weighted by atomic mass is 10.3. The zero-order chi connectivity index (χ0) is 12.5. The standard InChI is InChI=1S/C10H20N6O/c1-3-16(4-2)7-5-6-11-10(17)8-9-12-14-15-13-9/h3-8H2,1-2H3,(H,11,17)(H,12,13,14,15). The predicted molar refractivity (Wildman–Crippen MR) is 63.3 cm³/mol. The van der Waals surface area contributed by atoms with Crippen LogP contribution in [0.4, 0.5) is 0 Å². The van der Waals surface area contributed by atoms with Gasteiger partial charge in [0.2, 0.25) is 5.91 Å². The summed E-state index contributed by atoms with van der Waals surface area (Å²) in [5, 5.41) is 16.0. The van der Waals surface area contributed by atoms with Crippen LogP contribution in [0.15, 0.2) is 0 Å². The molecule has 0 aliphatic heterocycles. The summed E-state index contributed by atoms with van der Waals surface area (Å²) < 4.78 is 0. The molecule has 2 N–H and O–H groups in total. The number of carbonyl (C=O) groups is 1. The fourth-order valence-corrected chi connectivity index (χ4v) is 1.53. The highest BCUT2D eigenvalue weighted by atomic mass is 16.1. The molecule has 1 rings (SSSR count). The molecule has 0 aliphatic carbocycles. The molecule has 1 heterocycles. The summed E-state index contributed by atoms with van der Waals surface area (Å²) in [7, 11) is 0. The van der Waals surface area contributed by atoms with E-state index in [1.54, 1.807) is 0 Å². The fraction of sp³-hybridized carbons (Fsp3) is 0.800. The molecule has 0 unspecified atom stereocenters. The van der Waals surface area contributed by atoms with Crippen LogP contribution in [0.3, 0.4) is 0 Å². The number of hydrogen-bond donors (Lipinski definition) is 2. The normalized spacial score (nSPS) is 10.8. The van der Waals surface area contributed by atoms with Gasteiger partial charge in [-0.05, 0) is 26.1 Å². The molecule has 1 amide bonds. The number of nitrogens with zero attached hydrogens (tertiary/aromatic N) is 4. The van der Waals surface area contributed by atoms with Crippen molar-refractivity contribution in [3.8, 4) is 0 Å². The largest absolute Gasteiger partial charge is 0.356 e. The van der Waals surface area contributed by atoms with Gasteiger partial charge in [0.15, 0.2) is 5.82 Å². The van der Waals surface area contributed by atoms with Crippen molar-refractivity contribution in [3.05, 3.63) is 5.82 Å². The van der Waals surface area contributed by atoms with Gasteiger partial charge in [-0.2, -0.15) is 5.21 Å². The Kier molecular flexibility index (Phi) is 6.16. The number of H-pyrrole nitrogens is 1. The van der Waals surface area contributed by atoms with Crippen molar-refractivity contribution in [1.82, 2.24) is 30.8 Å². The second kappa shape index (κ2) is 7.72. The van der Waals surface area contributed by atoms with Gasteiger partial charge in [0.25, 0.3) is 0 Å². The Morgan fingerprint density at radius 3 is 2.76 bits per heavy atom. The van der Waals surface area contributed by atoms with Gasteiger partial charge in [0, 0.05) is 6.54 Å². The van der Waals surface area contributed by atoms with E-state index in [9.17, 15) is 4.79 Å². The van der Waals surface area contributed by atoms with Gasteiger partial charge in [0.05, 0.1) is 6.42 Å². The highest BCUT2D eigenvalue weighted by molar-refractivity contribution is 5.77. The lowest BCUT2D eigenvalue weighted by Gasteiger charge is -2.17. The van der Waals surface area contributed by atoms with Crippen LogP contribution < -0.4 is 5.32 Å². The Morgan fingerprint density at radius 1 is 1.41 bits per heavy atom. The van der Waals surface area contributed by atoms with Gasteiger partial charge in [-0.25, -0.2) is 0 Å². The summed E-state index contributed by atoms with van der Waals surface area (Å²) in [6.45, 7) is 8.07. The van der Waals surface area contributed by atoms with E-state index in [1.807, 2.05) is 0 Å². The summed E-state index contributed by atoms with van der Waals surface area (Å²) in [4.78, 5) is 13.8. The molecule has 0 bridgehead atoms. The van der Waals surface area contributed by atoms with Crippen LogP contribution in [-0.2, 0) is 11.2 Å². The van der Waals surface area contributed by atoms with E-state index < -0.39 is 0 Å². The Hall–Kier alpha value is -1.50. The molecule has 0 fully saturated rings. The molecule has 0 radical (unpaired) electrons. The zero-order valence-electron chi connectivity index (χ0n) is 10.4. The summed E-state index contributed by atoms with van der Waals surface area (Å²) in [6.07, 6.45) is 1.14. The molecule has 96 valence electrons. The van der Waals surface area contributed by atoms with Gasteiger partial charge < -0.3 is 10.2 Å². The van der Waals surface area contributed by atoms with Crippen molar-refractivity contribution in [2.75, 3.05) is 26.2 Å². The molecule has 0 saturated carbocycles. The van der Waals surface area contributed by atoms with Gasteiger partial charge in [-0.15, -0.1) is 10.2 Å². The van der Waals surface area contributed by atoms with Crippen molar-refractivity contribution in [2.24, 2.45) is 0 Å². The van der Waals surface area contributed by atoms with Crippen LogP contribution in [-0.4, -0.2) is 57.6 Å². The minimum Gasteiger partial charge on any atom is -0.356 e. The highest BCUT2D eigenvalue weighted by Gasteiger charge is 2.06. The van der Waals surface area contributed by atoms with Crippen LogP contribution in [0.2, 0.25) is 0 Å². The van der Waals surface area contributed by atoms with Crippen LogP contribution in [0.25, 0.3) is 0 Å². The van der Waals surface area contributed by atoms with Crippen molar-refractivity contribution >= 4 is 5.91 Å². The Balaban J connectivity index is 2.08. The highest BCUT2D eigenvalue weighted by Crippen LogP contribution is 1.90. The molecule has 1 aromatic heterocycles. The van der Waals surface area contributed by atoms with Crippen LogP contribution >= 0.6 is 0 Å². The third-order valence-corrected chi connectivity index (χ3v) is 2.58. The smallest absolute Gasteiger partial charge is 0.227 e. The SMILES string of the molecule is CCN(CC)CCCNC(=O)Cc1nn[nH]n1. The maximum atomic E-state index is 11.4. The fourth-order valence-electron chi connectivity index (χ4n) is 1.53. The third kappa shape index (κ3) is 5.39. The van der Waals surface area contributed by atoms with E-state index in [4.69, 9.17) is 0 Å². The molecule has 1 aromatic rings. The average molecular weight is 240 g/mol. The summed E-state index contributed by atoms with van der Waals surface area (Å²) in [6, 6.07) is 0. The molecule has 0 aliphatic rings. The number of aromatic amines is 1. The van der Waals surface area contributed by atoms with Crippen LogP contribution in [0.5, 0.6) is 0 Å². The maximum absolute atomic E-state index is 11.4. The van der Waals surface area contributed by atoms with Gasteiger partial charge in [-0.1, -0.05) is 19.1 Å². The van der Waals surface area contributed by atoms with Gasteiger partial charge in [-0.3, -0.25) is 4.79 Å². The summed E-state index contributed by atoms with van der Waals surface area (Å²) in [5.74, 6) is 0.359. The number of rotatable bonds is 8. The molecule has 17 heavy (non-hydrogen) atoms. The zero-order valence-corrected chi connectivity index (χ0v) is 10.4. The van der Waals surface area contributed by atoms with Crippen molar-refractivity contribution in [3.63, 3.8) is 0 Å². The molecule has 0 aromatic carbocycles. The quantitative estimate of drug-likeness (QED) is 0.603. The van der Waals surface area contributed by atoms with Gasteiger partial charge >= 0.3 is 0 Å². The van der Waals surface area contributed by atoms with E-state index in [-0.39, 0.29) is 12.3 Å². The number of amides is 1. The van der Waals surface area contributed by atoms with E-state index in [0.29, 0.717) is 12.4 Å². The maximum Gasteiger partial charge on any atom is 0.227 e. The van der Waals surface area contributed by atoms with Crippen molar-refractivity contribution in [1.29, 1.82) is 0 Å². The Bertz CT molecular complexity index is 309. The second-order valence-electron chi connectivity index (χ2n) is 3.74. The van der Waals surface area contributed by atoms with Crippen molar-refractivity contribution in [2.45, 2.75) is 26.7 Å². The number of hydrogen-bond acceptors (Lipinski definition) is 5. The number of tetrazole rings is 1. The second-order valence-corrected chi connectivity index (χ2v) is 3.74. The van der Waals surface area contributed by atoms with Gasteiger partial charge in [0.1, 0.15) is 0 Å². The minimum absolute atomic E-state index is 0.0639. The lowest BCUT2D eigenvalue weighted by molar-refractivity contribution is -0.120. The summed E-state index contributed by atoms with van der Waals surface area (Å²) >= 11 is 0. The molecule has 0 saturated heterocycles. The minimum atomic E-state index is -0.0639. The molecular formula is C10H20N6O. The van der Waals surface area contributed by atoms with Crippen LogP contribution in [0, 0.1) is 0 Å². The molecule has 7 nitrogen and oxygen atoms in total. The Morgan fingerprint density at radius 2 is 2.18 bits per heavy atom. The average Bonchev–Trinajstić information content (AvgIpc) is 2.82. The first-order chi connectivity index (χ1) is 8.26. The summed E-state index contributed by atoms with van der Waals surface area (Å²) in [5.41, 5.74) is 0. The third-order valence-electron chi connectivity index (χ3n) is 2.58. The topological polar surface area (TPSA) is 86.8 Å². The molecule has 7 heteroatoms. The first-order valence-corrected chi connectivity index (χ1v) is 5.97. The lowest BCUT2D eigenvalue weighted by Crippen LogP contribution is -2.30. The molecule has 0 spiro atoms. The number of carbonyl (C=O) groups excluding carboxylic acids is 1. The van der Waals surface area contributed by atoms with Crippen LogP contribution in [0.1, 0.15) is 26.1 Å². The van der Waals surface area contributed by atoms with E-state index >= 15 is 0 Å². The Labute approximate surface area is 101 Å². The first-order valence-electron chi connectivity index (χ1n) is 5.97. The van der Waals surface area contributed by atoms with E-state index in [2.05, 4.69) is 44.7 Å². The monoisotopic (exact) mass is 240 g/mol. The molecular weight excluding hydrogens is 220 g/mol. The molecule has 0 atom stereocenters. The predicted octanol–water partition coefficient (Wildman–Crippen LogP) is -0.410. The number of nitrogens with one attached hydrogen (secondary N) is 2. The van der Waals surface area contributed by atoms with Crippen molar-refractivity contribution < 1.29 is 4.79 Å².